The molecule has 0 radical (unpaired) electrons. The first-order valence-corrected chi connectivity index (χ1v) is 8.87. The average Bonchev–Trinajstić information content (AvgIpc) is 3.12. The largest absolute Gasteiger partial charge is 0.478 e. The number of carbonyl (C=O) groups excluding carboxylic acids is 3. The number of cyclic esters (lactones) is 1. The highest BCUT2D eigenvalue weighted by Gasteiger charge is 2.39. The lowest BCUT2D eigenvalue weighted by molar-refractivity contribution is -0.139. The van der Waals surface area contributed by atoms with Crippen LogP contribution in [0.5, 0.6) is 5.75 Å². The number of hydrogen-bond acceptors (Lipinski definition) is 7. The van der Waals surface area contributed by atoms with Crippen molar-refractivity contribution in [1.82, 2.24) is 10.2 Å². The second-order valence-corrected chi connectivity index (χ2v) is 6.22. The van der Waals surface area contributed by atoms with Crippen LogP contribution in [0.25, 0.3) is 0 Å². The Balaban J connectivity index is 1.53. The number of ether oxygens (including phenoxy) is 3. The Kier molecular flexibility index (Phi) is 6.48. The van der Waals surface area contributed by atoms with Crippen LogP contribution in [0.1, 0.15) is 15.9 Å². The Bertz CT molecular complexity index is 947. The van der Waals surface area contributed by atoms with E-state index in [4.69, 9.17) is 19.3 Å². The van der Waals surface area contributed by atoms with Crippen molar-refractivity contribution >= 4 is 24.1 Å². The van der Waals surface area contributed by atoms with Gasteiger partial charge in [-0.25, -0.2) is 19.2 Å². The van der Waals surface area contributed by atoms with E-state index in [1.807, 2.05) is 6.07 Å². The van der Waals surface area contributed by atoms with Crippen molar-refractivity contribution in [2.45, 2.75) is 12.6 Å². The fraction of sp³-hybridized carbons (Fsp3) is 0.200. The van der Waals surface area contributed by atoms with Crippen LogP contribution in [-0.4, -0.2) is 53.4 Å². The van der Waals surface area contributed by atoms with Crippen LogP contribution in [0.2, 0.25) is 0 Å². The molecule has 1 saturated heterocycles. The first-order valence-electron chi connectivity index (χ1n) is 8.87. The lowest BCUT2D eigenvalue weighted by Crippen LogP contribution is -2.46. The van der Waals surface area contributed by atoms with Gasteiger partial charge < -0.3 is 24.6 Å². The number of nitrogens with one attached hydrogen (secondary N) is 1. The normalized spacial score (nSPS) is 15.3. The Morgan fingerprint density at radius 1 is 1.13 bits per heavy atom. The fourth-order valence-electron chi connectivity index (χ4n) is 2.64. The molecular weight excluding hydrogens is 396 g/mol. The summed E-state index contributed by atoms with van der Waals surface area (Å²) < 4.78 is 15.1. The van der Waals surface area contributed by atoms with E-state index in [0.29, 0.717) is 0 Å². The molecule has 10 heteroatoms. The molecule has 0 spiro atoms. The molecular formula is C20H18N2O8. The number of benzene rings is 2. The minimum absolute atomic E-state index is 0.0144. The summed E-state index contributed by atoms with van der Waals surface area (Å²) in [5, 5.41) is 11.3. The molecule has 3 rings (SSSR count). The number of amides is 2. The van der Waals surface area contributed by atoms with Gasteiger partial charge in [-0.15, -0.1) is 0 Å². The van der Waals surface area contributed by atoms with Gasteiger partial charge in [0.25, 0.3) is 0 Å². The van der Waals surface area contributed by atoms with Crippen molar-refractivity contribution < 1.29 is 38.5 Å². The van der Waals surface area contributed by atoms with Gasteiger partial charge in [0.2, 0.25) is 0 Å². The number of carboxylic acid groups (broad SMARTS) is 1. The molecule has 1 fully saturated rings. The Labute approximate surface area is 170 Å². The maximum Gasteiger partial charge on any atom is 0.413 e. The van der Waals surface area contributed by atoms with Gasteiger partial charge in [-0.05, 0) is 23.8 Å². The molecule has 156 valence electrons. The molecule has 1 aliphatic heterocycles. The highest BCUT2D eigenvalue weighted by Crippen LogP contribution is 2.15. The molecule has 2 aromatic carbocycles. The van der Waals surface area contributed by atoms with Gasteiger partial charge in [0.15, 0.2) is 12.8 Å². The average molecular weight is 414 g/mol. The summed E-state index contributed by atoms with van der Waals surface area (Å²) >= 11 is 0. The number of aromatic carboxylic acids is 1. The van der Waals surface area contributed by atoms with Gasteiger partial charge >= 0.3 is 24.1 Å². The quantitative estimate of drug-likeness (QED) is 0.686. The zero-order valence-corrected chi connectivity index (χ0v) is 15.6. The number of rotatable bonds is 6. The van der Waals surface area contributed by atoms with Crippen molar-refractivity contribution in [1.29, 1.82) is 0 Å². The molecule has 1 heterocycles. The van der Waals surface area contributed by atoms with Crippen molar-refractivity contribution in [3.8, 4) is 5.75 Å². The first kappa shape index (κ1) is 20.6. The Hall–Kier alpha value is -4.08. The minimum Gasteiger partial charge on any atom is -0.478 e. The second-order valence-electron chi connectivity index (χ2n) is 6.22. The zero-order chi connectivity index (χ0) is 21.5. The van der Waals surface area contributed by atoms with Crippen LogP contribution in [0, 0.1) is 0 Å². The van der Waals surface area contributed by atoms with Crippen LogP contribution < -0.4 is 10.1 Å². The zero-order valence-electron chi connectivity index (χ0n) is 15.6. The lowest BCUT2D eigenvalue weighted by Gasteiger charge is -2.20. The molecule has 0 aliphatic carbocycles. The van der Waals surface area contributed by atoms with E-state index in [2.05, 4.69) is 5.32 Å². The number of carboxylic acids is 1. The van der Waals surface area contributed by atoms with Gasteiger partial charge in [-0.3, -0.25) is 4.90 Å². The summed E-state index contributed by atoms with van der Waals surface area (Å²) in [4.78, 5) is 48.2. The van der Waals surface area contributed by atoms with E-state index in [9.17, 15) is 19.2 Å². The summed E-state index contributed by atoms with van der Waals surface area (Å²) in [6.45, 7) is -0.544. The third-order valence-corrected chi connectivity index (χ3v) is 4.17. The van der Waals surface area contributed by atoms with E-state index >= 15 is 0 Å². The van der Waals surface area contributed by atoms with Crippen molar-refractivity contribution in [2.75, 3.05) is 13.3 Å². The molecule has 0 unspecified atom stereocenters. The molecule has 2 amide bonds. The van der Waals surface area contributed by atoms with Crippen LogP contribution >= 0.6 is 0 Å². The number of nitrogens with zero attached hydrogens (tertiary/aromatic N) is 1. The number of esters is 1. The van der Waals surface area contributed by atoms with Gasteiger partial charge in [0.1, 0.15) is 12.4 Å². The van der Waals surface area contributed by atoms with Crippen LogP contribution in [0.15, 0.2) is 54.6 Å². The van der Waals surface area contributed by atoms with E-state index in [0.717, 1.165) is 10.5 Å². The number of carbonyl (C=O) groups is 4. The first-order chi connectivity index (χ1) is 14.4. The molecule has 2 N–H and O–H groups in total. The summed E-state index contributed by atoms with van der Waals surface area (Å²) in [7, 11) is 0. The van der Waals surface area contributed by atoms with E-state index < -0.39 is 30.2 Å². The summed E-state index contributed by atoms with van der Waals surface area (Å²) in [6, 6.07) is 13.3. The van der Waals surface area contributed by atoms with Gasteiger partial charge in [-0.1, -0.05) is 36.4 Å². The monoisotopic (exact) mass is 414 g/mol. The van der Waals surface area contributed by atoms with Crippen molar-refractivity contribution in [3.63, 3.8) is 0 Å². The molecule has 30 heavy (non-hydrogen) atoms. The molecule has 2 aromatic rings. The van der Waals surface area contributed by atoms with Gasteiger partial charge in [0, 0.05) is 0 Å². The smallest absolute Gasteiger partial charge is 0.413 e. The molecule has 1 aliphatic rings. The van der Waals surface area contributed by atoms with Crippen LogP contribution in [0.3, 0.4) is 0 Å². The lowest BCUT2D eigenvalue weighted by atomic mass is 10.2. The van der Waals surface area contributed by atoms with Crippen molar-refractivity contribution in [3.05, 3.63) is 65.7 Å². The van der Waals surface area contributed by atoms with Crippen LogP contribution in [-0.2, 0) is 20.9 Å². The highest BCUT2D eigenvalue weighted by molar-refractivity contribution is 5.88. The highest BCUT2D eigenvalue weighted by atomic mass is 16.6. The predicted octanol–water partition coefficient (Wildman–Crippen LogP) is 1.99. The Morgan fingerprint density at radius 3 is 2.63 bits per heavy atom. The maximum absolute atomic E-state index is 12.3. The maximum atomic E-state index is 12.3. The SMILES string of the molecule is O=C(NC[C@H]1C(=O)OCN1C(=O)OCc1ccccc1)Oc1cccc(C(=O)O)c1. The van der Waals surface area contributed by atoms with E-state index in [1.54, 1.807) is 24.3 Å². The topological polar surface area (TPSA) is 131 Å². The van der Waals surface area contributed by atoms with E-state index in [1.165, 1.54) is 24.3 Å². The minimum atomic E-state index is -1.17. The predicted molar refractivity (Wildman–Crippen MR) is 101 cm³/mol. The standard InChI is InChI=1S/C20H18N2O8/c23-17(24)14-7-4-8-15(9-14)30-19(26)21-10-16-18(25)29-12-22(16)20(27)28-11-13-5-2-1-3-6-13/h1-9,16H,10-12H2,(H,21,26)(H,23,24)/t16-/m0/s1. The number of hydrogen-bond donors (Lipinski definition) is 2. The summed E-state index contributed by atoms with van der Waals surface area (Å²) in [5.74, 6) is -1.85. The fourth-order valence-corrected chi connectivity index (χ4v) is 2.64. The molecule has 0 aromatic heterocycles. The molecule has 1 atom stereocenters. The van der Waals surface area contributed by atoms with Crippen LogP contribution in [0.4, 0.5) is 9.59 Å². The molecule has 0 saturated carbocycles. The summed E-state index contributed by atoms with van der Waals surface area (Å²) in [5.41, 5.74) is 0.728. The third-order valence-electron chi connectivity index (χ3n) is 4.17. The van der Waals surface area contributed by atoms with Gasteiger partial charge in [-0.2, -0.15) is 0 Å². The Morgan fingerprint density at radius 2 is 1.90 bits per heavy atom. The van der Waals surface area contributed by atoms with Crippen molar-refractivity contribution in [2.24, 2.45) is 0 Å². The van der Waals surface area contributed by atoms with Gasteiger partial charge in [0.05, 0.1) is 12.1 Å². The summed E-state index contributed by atoms with van der Waals surface area (Å²) in [6.07, 6.45) is -1.69. The second kappa shape index (κ2) is 9.41. The molecule has 10 nitrogen and oxygen atoms in total. The molecule has 0 bridgehead atoms. The third kappa shape index (κ3) is 5.25. The van der Waals surface area contributed by atoms with E-state index in [-0.39, 0.29) is 31.2 Å².